The Morgan fingerprint density at radius 1 is 0.558 bits per heavy atom. The predicted octanol–water partition coefficient (Wildman–Crippen LogP) is 5.37. The monoisotopic (exact) mass is 712 g/mol. The highest BCUT2D eigenvalue weighted by Crippen LogP contribution is 2.37. The fourth-order valence-electron chi connectivity index (χ4n) is 4.64. The van der Waals surface area contributed by atoms with Gasteiger partial charge in [0, 0.05) is 27.6 Å². The maximum atomic E-state index is 13.4. The minimum atomic E-state index is -1.24. The fraction of sp³-hybridized carbons (Fsp3) is 0.0556. The molecule has 4 aromatic carbocycles. The zero-order chi connectivity index (χ0) is 37.4. The van der Waals surface area contributed by atoms with Crippen molar-refractivity contribution in [2.75, 3.05) is 13.1 Å². The lowest BCUT2D eigenvalue weighted by Crippen LogP contribution is -2.30. The number of nitrogens with zero attached hydrogens (tertiary/aromatic N) is 2. The summed E-state index contributed by atoms with van der Waals surface area (Å²) >= 11 is 0. The van der Waals surface area contributed by atoms with Crippen molar-refractivity contribution < 1.29 is 57.9 Å². The maximum Gasteiger partial charge on any atom is 0.322 e. The van der Waals surface area contributed by atoms with Crippen LogP contribution >= 0.6 is 0 Å². The van der Waals surface area contributed by atoms with Crippen molar-refractivity contribution in [3.05, 3.63) is 120 Å². The average molecular weight is 713 g/mol. The smallest absolute Gasteiger partial charge is 0.322 e. The van der Waals surface area contributed by atoms with Crippen molar-refractivity contribution in [1.82, 2.24) is 20.6 Å². The zero-order valence-corrected chi connectivity index (χ0v) is 26.5. The van der Waals surface area contributed by atoms with E-state index in [2.05, 4.69) is 20.6 Å². The quantitative estimate of drug-likeness (QED) is 0.106. The van der Waals surface area contributed by atoms with Crippen LogP contribution in [0, 0.1) is 11.6 Å². The van der Waals surface area contributed by atoms with Crippen molar-refractivity contribution >= 4 is 45.3 Å². The van der Waals surface area contributed by atoms with Crippen LogP contribution in [0.3, 0.4) is 0 Å². The lowest BCUT2D eigenvalue weighted by Gasteiger charge is -2.12. The highest BCUT2D eigenvalue weighted by molar-refractivity contribution is 6.05. The van der Waals surface area contributed by atoms with Gasteiger partial charge in [0.2, 0.25) is 11.8 Å². The number of fused-ring (bicyclic) bond motifs is 2. The van der Waals surface area contributed by atoms with Gasteiger partial charge in [-0.2, -0.15) is 0 Å². The second kappa shape index (κ2) is 15.9. The summed E-state index contributed by atoms with van der Waals surface area (Å²) in [6.45, 7) is -1.26. The van der Waals surface area contributed by atoms with Gasteiger partial charge in [-0.15, -0.1) is 0 Å². The van der Waals surface area contributed by atoms with Crippen molar-refractivity contribution in [2.45, 2.75) is 0 Å². The van der Waals surface area contributed by atoms with Crippen molar-refractivity contribution in [2.24, 2.45) is 0 Å². The first-order valence-corrected chi connectivity index (χ1v) is 15.0. The van der Waals surface area contributed by atoms with E-state index in [9.17, 15) is 38.2 Å². The van der Waals surface area contributed by atoms with Crippen molar-refractivity contribution in [3.63, 3.8) is 0 Å². The van der Waals surface area contributed by atoms with E-state index in [4.69, 9.17) is 19.7 Å². The molecule has 0 unspecified atom stereocenters. The molecule has 52 heavy (non-hydrogen) atoms. The normalized spacial score (nSPS) is 10.5. The van der Waals surface area contributed by atoms with E-state index in [1.807, 2.05) is 0 Å². The van der Waals surface area contributed by atoms with Crippen LogP contribution in [-0.2, 0) is 9.59 Å². The first-order chi connectivity index (χ1) is 24.9. The molecule has 0 aliphatic carbocycles. The summed E-state index contributed by atoms with van der Waals surface area (Å²) in [5.74, 6) is -5.52. The SMILES string of the molecule is O=C(O)CNC(=O)c1nc(Oc2ccc(F)cc2)c2ccccc2c1O.O=C(O)CNC(=O)c1nc(Oc2cccc(F)c2)c2ccccc2c1O. The summed E-state index contributed by atoms with van der Waals surface area (Å²) in [6, 6.07) is 23.6. The minimum absolute atomic E-state index is 0.0190. The third-order valence-corrected chi connectivity index (χ3v) is 6.97. The number of benzene rings is 4. The summed E-state index contributed by atoms with van der Waals surface area (Å²) in [4.78, 5) is 53.6. The number of halogens is 2. The number of carbonyl (C=O) groups is 4. The molecule has 0 saturated heterocycles. The van der Waals surface area contributed by atoms with E-state index in [1.54, 1.807) is 48.5 Å². The first kappa shape index (κ1) is 35.9. The van der Waals surface area contributed by atoms with Crippen LogP contribution in [0.2, 0.25) is 0 Å². The van der Waals surface area contributed by atoms with E-state index in [0.29, 0.717) is 16.2 Å². The number of aromatic hydroxyl groups is 2. The van der Waals surface area contributed by atoms with Gasteiger partial charge in [0.05, 0.1) is 0 Å². The van der Waals surface area contributed by atoms with Crippen LogP contribution in [0.5, 0.6) is 34.8 Å². The second-order valence-corrected chi connectivity index (χ2v) is 10.6. The van der Waals surface area contributed by atoms with Crippen molar-refractivity contribution in [1.29, 1.82) is 0 Å². The van der Waals surface area contributed by atoms with Gasteiger partial charge in [0.1, 0.15) is 36.2 Å². The van der Waals surface area contributed by atoms with Crippen LogP contribution in [0.4, 0.5) is 8.78 Å². The molecule has 0 spiro atoms. The number of rotatable bonds is 10. The summed E-state index contributed by atoms with van der Waals surface area (Å²) in [5.41, 5.74) is -0.765. The van der Waals surface area contributed by atoms with E-state index in [-0.39, 0.29) is 34.3 Å². The van der Waals surface area contributed by atoms with Gasteiger partial charge in [-0.1, -0.05) is 42.5 Å². The Kier molecular flexibility index (Phi) is 11.0. The molecule has 2 aromatic heterocycles. The van der Waals surface area contributed by atoms with Gasteiger partial charge < -0.3 is 40.5 Å². The Hall–Kier alpha value is -7.36. The number of hydrogen-bond donors (Lipinski definition) is 6. The molecule has 264 valence electrons. The summed E-state index contributed by atoms with van der Waals surface area (Å²) in [5, 5.41) is 43.7. The summed E-state index contributed by atoms with van der Waals surface area (Å²) in [6.07, 6.45) is 0. The lowest BCUT2D eigenvalue weighted by atomic mass is 10.1. The molecule has 6 rings (SSSR count). The topological polar surface area (TPSA) is 218 Å². The Morgan fingerprint density at radius 2 is 1.00 bits per heavy atom. The van der Waals surface area contributed by atoms with E-state index in [1.165, 1.54) is 42.5 Å². The number of carboxylic acid groups (broad SMARTS) is 2. The molecule has 0 fully saturated rings. The number of amides is 2. The highest BCUT2D eigenvalue weighted by atomic mass is 19.1. The molecule has 2 heterocycles. The Labute approximate surface area is 291 Å². The second-order valence-electron chi connectivity index (χ2n) is 10.6. The molecule has 2 amide bonds. The van der Waals surface area contributed by atoms with Crippen LogP contribution < -0.4 is 20.1 Å². The van der Waals surface area contributed by atoms with Gasteiger partial charge in [-0.3, -0.25) is 19.2 Å². The number of aliphatic carboxylic acids is 2. The first-order valence-electron chi connectivity index (χ1n) is 15.0. The van der Waals surface area contributed by atoms with Gasteiger partial charge >= 0.3 is 11.9 Å². The van der Waals surface area contributed by atoms with Crippen LogP contribution in [0.25, 0.3) is 21.5 Å². The van der Waals surface area contributed by atoms with Crippen LogP contribution in [0.1, 0.15) is 21.0 Å². The van der Waals surface area contributed by atoms with Gasteiger partial charge in [0.25, 0.3) is 11.8 Å². The molecular formula is C36H26F2N4O10. The molecule has 14 nitrogen and oxygen atoms in total. The number of carbonyl (C=O) groups excluding carboxylic acids is 2. The van der Waals surface area contributed by atoms with Crippen LogP contribution in [-0.4, -0.2) is 67.2 Å². The Balaban J connectivity index is 0.000000201. The number of hydrogen-bond acceptors (Lipinski definition) is 10. The molecule has 16 heteroatoms. The molecular weight excluding hydrogens is 686 g/mol. The number of carboxylic acids is 2. The lowest BCUT2D eigenvalue weighted by molar-refractivity contribution is -0.136. The highest BCUT2D eigenvalue weighted by Gasteiger charge is 2.22. The van der Waals surface area contributed by atoms with E-state index >= 15 is 0 Å². The van der Waals surface area contributed by atoms with Crippen molar-refractivity contribution in [3.8, 4) is 34.8 Å². The largest absolute Gasteiger partial charge is 0.505 e. The molecule has 6 N–H and O–H groups in total. The van der Waals surface area contributed by atoms with Gasteiger partial charge in [-0.25, -0.2) is 18.7 Å². The summed E-state index contributed by atoms with van der Waals surface area (Å²) < 4.78 is 37.6. The van der Waals surface area contributed by atoms with E-state index < -0.39 is 65.7 Å². The van der Waals surface area contributed by atoms with Crippen LogP contribution in [0.15, 0.2) is 97.1 Å². The molecule has 0 bridgehead atoms. The number of nitrogens with one attached hydrogen (secondary N) is 2. The molecule has 0 atom stereocenters. The molecule has 0 aliphatic heterocycles. The maximum absolute atomic E-state index is 13.4. The number of aromatic nitrogens is 2. The van der Waals surface area contributed by atoms with E-state index in [0.717, 1.165) is 6.07 Å². The summed E-state index contributed by atoms with van der Waals surface area (Å²) in [7, 11) is 0. The number of ether oxygens (including phenoxy) is 2. The molecule has 0 radical (unpaired) electrons. The molecule has 6 aromatic rings. The third-order valence-electron chi connectivity index (χ3n) is 6.97. The number of pyridine rings is 2. The van der Waals surface area contributed by atoms with Gasteiger partial charge in [-0.05, 0) is 48.5 Å². The third kappa shape index (κ3) is 8.61. The Bertz CT molecular complexity index is 2320. The fourth-order valence-corrected chi connectivity index (χ4v) is 4.64. The predicted molar refractivity (Wildman–Crippen MR) is 180 cm³/mol. The molecule has 0 saturated carbocycles. The average Bonchev–Trinajstić information content (AvgIpc) is 3.13. The standard InChI is InChI=1S/2C18H13FN2O5/c19-10-4-3-5-11(8-10)26-18-13-7-2-1-6-12(13)16(24)15(21-18)17(25)20-9-14(22)23;19-10-5-7-11(8-6-10)26-18-13-4-2-1-3-12(13)16(24)15(21-18)17(25)20-9-14(22)23/h2*1-8,24H,9H2,(H,20,25)(H,22,23). The Morgan fingerprint density at radius 3 is 1.44 bits per heavy atom. The minimum Gasteiger partial charge on any atom is -0.505 e. The zero-order valence-electron chi connectivity index (χ0n) is 26.5. The molecule has 0 aliphatic rings. The van der Waals surface area contributed by atoms with Gasteiger partial charge in [0.15, 0.2) is 22.9 Å².